The summed E-state index contributed by atoms with van der Waals surface area (Å²) in [5.74, 6) is -1.91. The fourth-order valence-corrected chi connectivity index (χ4v) is 4.11. The van der Waals surface area contributed by atoms with Gasteiger partial charge in [-0.1, -0.05) is 61.9 Å². The first-order valence-electron chi connectivity index (χ1n) is 11.0. The molecule has 8 heteroatoms. The fraction of sp³-hybridized carbons (Fsp3) is 0.400. The van der Waals surface area contributed by atoms with Crippen molar-refractivity contribution in [1.29, 1.82) is 0 Å². The topological polar surface area (TPSA) is 114 Å². The summed E-state index contributed by atoms with van der Waals surface area (Å²) in [7, 11) is 1.37. The smallest absolute Gasteiger partial charge is 0.407 e. The van der Waals surface area contributed by atoms with Crippen molar-refractivity contribution in [2.75, 3.05) is 13.7 Å². The number of hydrogen-bond donors (Lipinski definition) is 3. The van der Waals surface area contributed by atoms with Crippen molar-refractivity contribution in [2.24, 2.45) is 0 Å². The molecule has 1 aliphatic rings. The maximum Gasteiger partial charge on any atom is 0.407 e. The lowest BCUT2D eigenvalue weighted by atomic mass is 9.98. The van der Waals surface area contributed by atoms with Crippen molar-refractivity contribution in [1.82, 2.24) is 10.6 Å². The van der Waals surface area contributed by atoms with Gasteiger partial charge in [0, 0.05) is 13.0 Å². The Hall–Kier alpha value is -3.39. The number of carbonyl (C=O) groups excluding carboxylic acids is 2. The third kappa shape index (κ3) is 5.51. The molecule has 0 bridgehead atoms. The lowest BCUT2D eigenvalue weighted by Crippen LogP contribution is -2.55. The molecular formula is C25H30N2O6. The molecule has 8 nitrogen and oxygen atoms in total. The van der Waals surface area contributed by atoms with Crippen LogP contribution in [0, 0.1) is 0 Å². The Morgan fingerprint density at radius 1 is 1.00 bits per heavy atom. The number of carboxylic acid groups (broad SMARTS) is 1. The molecule has 3 atom stereocenters. The average molecular weight is 455 g/mol. The van der Waals surface area contributed by atoms with Crippen LogP contribution in [-0.4, -0.2) is 55.0 Å². The van der Waals surface area contributed by atoms with Crippen LogP contribution in [0.15, 0.2) is 48.5 Å². The number of methoxy groups -OCH3 is 1. The van der Waals surface area contributed by atoms with Crippen molar-refractivity contribution in [3.05, 3.63) is 59.7 Å². The maximum atomic E-state index is 12.7. The number of ether oxygens (including phenoxy) is 2. The first kappa shape index (κ1) is 24.3. The zero-order valence-corrected chi connectivity index (χ0v) is 19.0. The highest BCUT2D eigenvalue weighted by atomic mass is 16.5. The summed E-state index contributed by atoms with van der Waals surface area (Å²) < 4.78 is 10.6. The molecule has 0 saturated heterocycles. The Morgan fingerprint density at radius 3 is 2.09 bits per heavy atom. The second-order valence-electron chi connectivity index (χ2n) is 8.08. The zero-order chi connectivity index (χ0) is 24.0. The number of carbonyl (C=O) groups is 3. The summed E-state index contributed by atoms with van der Waals surface area (Å²) in [5.41, 5.74) is 4.43. The van der Waals surface area contributed by atoms with E-state index in [1.165, 1.54) is 7.11 Å². The summed E-state index contributed by atoms with van der Waals surface area (Å²) in [4.78, 5) is 36.7. The first-order chi connectivity index (χ1) is 15.9. The summed E-state index contributed by atoms with van der Waals surface area (Å²) in [6.07, 6.45) is -0.511. The first-order valence-corrected chi connectivity index (χ1v) is 11.0. The molecule has 33 heavy (non-hydrogen) atoms. The van der Waals surface area contributed by atoms with E-state index in [0.717, 1.165) is 22.3 Å². The molecule has 0 heterocycles. The van der Waals surface area contributed by atoms with Gasteiger partial charge in [0.05, 0.1) is 6.10 Å². The molecule has 2 amide bonds. The third-order valence-corrected chi connectivity index (χ3v) is 5.93. The Balaban J connectivity index is 1.65. The van der Waals surface area contributed by atoms with Gasteiger partial charge in [0.1, 0.15) is 12.6 Å². The van der Waals surface area contributed by atoms with Gasteiger partial charge in [0.15, 0.2) is 6.04 Å². The zero-order valence-electron chi connectivity index (χ0n) is 19.0. The summed E-state index contributed by atoms with van der Waals surface area (Å²) >= 11 is 0. The van der Waals surface area contributed by atoms with E-state index in [4.69, 9.17) is 9.47 Å². The van der Waals surface area contributed by atoms with E-state index in [9.17, 15) is 19.5 Å². The molecule has 0 aliphatic heterocycles. The minimum absolute atomic E-state index is 0.0967. The summed E-state index contributed by atoms with van der Waals surface area (Å²) in [6, 6.07) is 13.9. The number of hydrogen-bond acceptors (Lipinski definition) is 5. The van der Waals surface area contributed by atoms with Gasteiger partial charge in [0.25, 0.3) is 0 Å². The lowest BCUT2D eigenvalue weighted by molar-refractivity contribution is -0.145. The van der Waals surface area contributed by atoms with Gasteiger partial charge in [-0.15, -0.1) is 0 Å². The highest BCUT2D eigenvalue weighted by Crippen LogP contribution is 2.44. The van der Waals surface area contributed by atoms with Crippen LogP contribution in [0.3, 0.4) is 0 Å². The van der Waals surface area contributed by atoms with E-state index < -0.39 is 36.2 Å². The second kappa shape index (κ2) is 11.0. The van der Waals surface area contributed by atoms with Crippen LogP contribution < -0.4 is 10.6 Å². The number of rotatable bonds is 10. The lowest BCUT2D eigenvalue weighted by Gasteiger charge is -2.24. The Bertz CT molecular complexity index is 962. The van der Waals surface area contributed by atoms with Crippen LogP contribution in [0.1, 0.15) is 43.7 Å². The number of amides is 2. The predicted octanol–water partition coefficient (Wildman–Crippen LogP) is 3.30. The predicted molar refractivity (Wildman–Crippen MR) is 123 cm³/mol. The Kier molecular flexibility index (Phi) is 8.06. The van der Waals surface area contributed by atoms with E-state index in [1.807, 2.05) is 43.3 Å². The Labute approximate surface area is 193 Å². The van der Waals surface area contributed by atoms with Crippen LogP contribution >= 0.6 is 0 Å². The number of alkyl carbamates (subject to hydrolysis) is 1. The van der Waals surface area contributed by atoms with Gasteiger partial charge < -0.3 is 25.2 Å². The standard InChI is InChI=1S/C25H30N2O6/c1-4-9-21(23(28)27-22(24(29)30)15(2)32-3)26-25(31)33-14-20-18-12-7-5-10-16(18)17-11-6-8-13-19(17)20/h5-8,10-13,15,20-22H,4,9,14H2,1-3H3,(H,26,31)(H,27,28)(H,29,30)/t15-,21+,22+/m1/s1. The highest BCUT2D eigenvalue weighted by molar-refractivity contribution is 5.89. The number of nitrogens with one attached hydrogen (secondary N) is 2. The van der Waals surface area contributed by atoms with Gasteiger partial charge in [-0.3, -0.25) is 4.79 Å². The number of fused-ring (bicyclic) bond motifs is 3. The summed E-state index contributed by atoms with van der Waals surface area (Å²) in [5, 5.41) is 14.4. The van der Waals surface area contributed by atoms with Crippen molar-refractivity contribution >= 4 is 18.0 Å². The van der Waals surface area contributed by atoms with Crippen LogP contribution in [-0.2, 0) is 19.1 Å². The second-order valence-corrected chi connectivity index (χ2v) is 8.08. The molecule has 0 fully saturated rings. The van der Waals surface area contributed by atoms with Crippen molar-refractivity contribution < 1.29 is 29.0 Å². The molecule has 3 N–H and O–H groups in total. The summed E-state index contributed by atoms with van der Waals surface area (Å²) in [6.45, 7) is 3.54. The molecule has 0 unspecified atom stereocenters. The monoisotopic (exact) mass is 454 g/mol. The molecule has 176 valence electrons. The molecule has 2 aromatic carbocycles. The van der Waals surface area contributed by atoms with Crippen LogP contribution in [0.4, 0.5) is 4.79 Å². The molecule has 0 spiro atoms. The minimum atomic E-state index is -1.23. The van der Waals surface area contributed by atoms with E-state index in [2.05, 4.69) is 22.8 Å². The van der Waals surface area contributed by atoms with Gasteiger partial charge >= 0.3 is 12.1 Å². The van der Waals surface area contributed by atoms with Crippen LogP contribution in [0.2, 0.25) is 0 Å². The SMILES string of the molecule is CCC[C@H](NC(=O)OCC1c2ccccc2-c2ccccc21)C(=O)N[C@H](C(=O)O)[C@@H](C)OC. The minimum Gasteiger partial charge on any atom is -0.480 e. The van der Waals surface area contributed by atoms with Gasteiger partial charge in [-0.05, 0) is 35.6 Å². The third-order valence-electron chi connectivity index (χ3n) is 5.93. The number of benzene rings is 2. The van der Waals surface area contributed by atoms with Gasteiger partial charge in [-0.25, -0.2) is 9.59 Å². The van der Waals surface area contributed by atoms with Gasteiger partial charge in [0.2, 0.25) is 5.91 Å². The number of carboxylic acids is 1. The van der Waals surface area contributed by atoms with E-state index >= 15 is 0 Å². The molecule has 3 rings (SSSR count). The van der Waals surface area contributed by atoms with E-state index in [-0.39, 0.29) is 12.5 Å². The van der Waals surface area contributed by atoms with E-state index in [1.54, 1.807) is 6.92 Å². The molecule has 0 saturated carbocycles. The number of aliphatic carboxylic acids is 1. The highest BCUT2D eigenvalue weighted by Gasteiger charge is 2.32. The molecule has 0 radical (unpaired) electrons. The molecule has 2 aromatic rings. The van der Waals surface area contributed by atoms with Crippen LogP contribution in [0.25, 0.3) is 11.1 Å². The largest absolute Gasteiger partial charge is 0.480 e. The van der Waals surface area contributed by atoms with E-state index in [0.29, 0.717) is 12.8 Å². The van der Waals surface area contributed by atoms with Crippen molar-refractivity contribution in [2.45, 2.75) is 50.8 Å². The average Bonchev–Trinajstić information content (AvgIpc) is 3.13. The maximum absolute atomic E-state index is 12.7. The molecular weight excluding hydrogens is 424 g/mol. The van der Waals surface area contributed by atoms with Gasteiger partial charge in [-0.2, -0.15) is 0 Å². The molecule has 1 aliphatic carbocycles. The van der Waals surface area contributed by atoms with Crippen LogP contribution in [0.5, 0.6) is 0 Å². The Morgan fingerprint density at radius 2 is 1.58 bits per heavy atom. The van der Waals surface area contributed by atoms with Crippen molar-refractivity contribution in [3.8, 4) is 11.1 Å². The quantitative estimate of drug-likeness (QED) is 0.508. The molecule has 0 aromatic heterocycles. The normalized spacial score (nSPS) is 15.0. The fourth-order valence-electron chi connectivity index (χ4n) is 4.11. The van der Waals surface area contributed by atoms with Crippen molar-refractivity contribution in [3.63, 3.8) is 0 Å².